The molecule has 1 aromatic carbocycles. The number of amides is 1. The molecule has 2 aromatic rings. The number of para-hydroxylation sites is 1. The number of hydrogen-bond acceptors (Lipinski definition) is 5. The lowest BCUT2D eigenvalue weighted by molar-refractivity contribution is -0.120. The van der Waals surface area contributed by atoms with E-state index < -0.39 is 0 Å². The molecule has 1 aliphatic rings. The number of aromatic nitrogens is 2. The quantitative estimate of drug-likeness (QED) is 0.934. The van der Waals surface area contributed by atoms with Crippen molar-refractivity contribution >= 4 is 11.6 Å². The summed E-state index contributed by atoms with van der Waals surface area (Å²) < 4.78 is 5.34. The highest BCUT2D eigenvalue weighted by Gasteiger charge is 2.32. The highest BCUT2D eigenvalue weighted by molar-refractivity contribution is 5.94. The van der Waals surface area contributed by atoms with Gasteiger partial charge in [-0.1, -0.05) is 44.1 Å². The van der Waals surface area contributed by atoms with Crippen LogP contribution in [0.4, 0.5) is 5.69 Å². The van der Waals surface area contributed by atoms with Crippen LogP contribution in [0.5, 0.6) is 0 Å². The van der Waals surface area contributed by atoms with Gasteiger partial charge in [0.15, 0.2) is 5.82 Å². The monoisotopic (exact) mass is 328 g/mol. The molecular formula is C18H24N4O2. The van der Waals surface area contributed by atoms with Crippen molar-refractivity contribution in [3.8, 4) is 0 Å². The van der Waals surface area contributed by atoms with Crippen molar-refractivity contribution in [1.82, 2.24) is 15.0 Å². The minimum absolute atomic E-state index is 0.0261. The van der Waals surface area contributed by atoms with Crippen molar-refractivity contribution < 1.29 is 9.32 Å². The minimum Gasteiger partial charge on any atom is -0.339 e. The van der Waals surface area contributed by atoms with Crippen molar-refractivity contribution in [3.63, 3.8) is 0 Å². The standard InChI is InChI=1S/C18H24N4O2/c1-18(2,3)17-20-15(21-24-17)12-22-11-7-10-14(22)16(23)19-13-8-5-4-6-9-13/h4-6,8-9,14H,7,10-12H2,1-3H3,(H,19,23)/t14-/m0/s1. The van der Waals surface area contributed by atoms with Crippen LogP contribution < -0.4 is 5.32 Å². The number of benzene rings is 1. The first-order chi connectivity index (χ1) is 11.4. The van der Waals surface area contributed by atoms with Gasteiger partial charge in [-0.05, 0) is 31.5 Å². The first-order valence-corrected chi connectivity index (χ1v) is 8.36. The zero-order valence-corrected chi connectivity index (χ0v) is 14.5. The van der Waals surface area contributed by atoms with Crippen molar-refractivity contribution in [2.24, 2.45) is 0 Å². The molecule has 24 heavy (non-hydrogen) atoms. The van der Waals surface area contributed by atoms with Gasteiger partial charge in [0.2, 0.25) is 11.8 Å². The van der Waals surface area contributed by atoms with E-state index in [2.05, 4.69) is 20.4 Å². The van der Waals surface area contributed by atoms with E-state index in [4.69, 9.17) is 4.52 Å². The van der Waals surface area contributed by atoms with Crippen LogP contribution in [0.2, 0.25) is 0 Å². The molecule has 128 valence electrons. The van der Waals surface area contributed by atoms with Gasteiger partial charge in [-0.25, -0.2) is 0 Å². The largest absolute Gasteiger partial charge is 0.339 e. The molecule has 6 nitrogen and oxygen atoms in total. The van der Waals surface area contributed by atoms with E-state index in [9.17, 15) is 4.79 Å². The molecule has 0 aliphatic carbocycles. The Morgan fingerprint density at radius 3 is 2.75 bits per heavy atom. The summed E-state index contributed by atoms with van der Waals surface area (Å²) in [6.07, 6.45) is 1.85. The molecule has 0 saturated carbocycles. The summed E-state index contributed by atoms with van der Waals surface area (Å²) in [4.78, 5) is 19.2. The van der Waals surface area contributed by atoms with E-state index in [1.165, 1.54) is 0 Å². The number of anilines is 1. The Morgan fingerprint density at radius 2 is 2.08 bits per heavy atom. The summed E-state index contributed by atoms with van der Waals surface area (Å²) in [6, 6.07) is 9.39. The van der Waals surface area contributed by atoms with Crippen molar-refractivity contribution in [1.29, 1.82) is 0 Å². The summed E-state index contributed by atoms with van der Waals surface area (Å²) in [7, 11) is 0. The molecule has 0 radical (unpaired) electrons. The van der Waals surface area contributed by atoms with Crippen LogP contribution in [0.1, 0.15) is 45.3 Å². The molecule has 0 unspecified atom stereocenters. The molecule has 2 heterocycles. The maximum absolute atomic E-state index is 12.6. The third-order valence-corrected chi connectivity index (χ3v) is 4.16. The molecule has 1 atom stereocenters. The maximum atomic E-state index is 12.6. The zero-order valence-electron chi connectivity index (χ0n) is 14.5. The first-order valence-electron chi connectivity index (χ1n) is 8.36. The topological polar surface area (TPSA) is 71.3 Å². The highest BCUT2D eigenvalue weighted by atomic mass is 16.5. The molecular weight excluding hydrogens is 304 g/mol. The molecule has 3 rings (SSSR count). The number of hydrogen-bond donors (Lipinski definition) is 1. The fourth-order valence-electron chi connectivity index (χ4n) is 2.86. The van der Waals surface area contributed by atoms with Gasteiger partial charge >= 0.3 is 0 Å². The third kappa shape index (κ3) is 3.82. The van der Waals surface area contributed by atoms with Gasteiger partial charge in [-0.15, -0.1) is 0 Å². The van der Waals surface area contributed by atoms with Crippen LogP contribution in [0.3, 0.4) is 0 Å². The highest BCUT2D eigenvalue weighted by Crippen LogP contribution is 2.23. The molecule has 1 aliphatic heterocycles. The molecule has 0 bridgehead atoms. The summed E-state index contributed by atoms with van der Waals surface area (Å²) >= 11 is 0. The van der Waals surface area contributed by atoms with E-state index >= 15 is 0 Å². The van der Waals surface area contributed by atoms with E-state index in [0.29, 0.717) is 18.3 Å². The number of carbonyl (C=O) groups excluding carboxylic acids is 1. The molecule has 1 N–H and O–H groups in total. The molecule has 6 heteroatoms. The molecule has 0 spiro atoms. The summed E-state index contributed by atoms with van der Waals surface area (Å²) in [5.74, 6) is 1.29. The van der Waals surface area contributed by atoms with Crippen LogP contribution in [0, 0.1) is 0 Å². The molecule has 1 saturated heterocycles. The minimum atomic E-state index is -0.166. The van der Waals surface area contributed by atoms with E-state index in [1.54, 1.807) is 0 Å². The van der Waals surface area contributed by atoms with E-state index in [1.807, 2.05) is 51.1 Å². The fraction of sp³-hybridized carbons (Fsp3) is 0.500. The Bertz CT molecular complexity index is 691. The van der Waals surface area contributed by atoms with Crippen LogP contribution in [0.15, 0.2) is 34.9 Å². The first kappa shape index (κ1) is 16.6. The Hall–Kier alpha value is -2.21. The van der Waals surface area contributed by atoms with E-state index in [0.717, 1.165) is 25.1 Å². The van der Waals surface area contributed by atoms with Gasteiger partial charge in [0.1, 0.15) is 0 Å². The summed E-state index contributed by atoms with van der Waals surface area (Å²) in [5.41, 5.74) is 0.657. The van der Waals surface area contributed by atoms with Crippen LogP contribution in [0.25, 0.3) is 0 Å². The lowest BCUT2D eigenvalue weighted by atomic mass is 9.97. The van der Waals surface area contributed by atoms with Crippen LogP contribution in [-0.4, -0.2) is 33.5 Å². The number of carbonyl (C=O) groups is 1. The SMILES string of the molecule is CC(C)(C)c1nc(CN2CCC[C@H]2C(=O)Nc2ccccc2)no1. The third-order valence-electron chi connectivity index (χ3n) is 4.16. The van der Waals surface area contributed by atoms with Gasteiger partial charge in [-0.3, -0.25) is 9.69 Å². The second-order valence-electron chi connectivity index (χ2n) is 7.25. The lowest BCUT2D eigenvalue weighted by Crippen LogP contribution is -2.39. The summed E-state index contributed by atoms with van der Waals surface area (Å²) in [6.45, 7) is 7.52. The van der Waals surface area contributed by atoms with Gasteiger partial charge in [0.05, 0.1) is 12.6 Å². The maximum Gasteiger partial charge on any atom is 0.241 e. The average Bonchev–Trinajstić information content (AvgIpc) is 3.17. The Morgan fingerprint density at radius 1 is 1.33 bits per heavy atom. The molecule has 1 fully saturated rings. The van der Waals surface area contributed by atoms with Crippen molar-refractivity contribution in [2.45, 2.75) is 51.6 Å². The van der Waals surface area contributed by atoms with Crippen LogP contribution >= 0.6 is 0 Å². The van der Waals surface area contributed by atoms with Gasteiger partial charge < -0.3 is 9.84 Å². The van der Waals surface area contributed by atoms with E-state index in [-0.39, 0.29) is 17.4 Å². The van der Waals surface area contributed by atoms with Crippen molar-refractivity contribution in [3.05, 3.63) is 42.0 Å². The Kier molecular flexibility index (Phi) is 4.66. The Labute approximate surface area is 142 Å². The average molecular weight is 328 g/mol. The molecule has 1 amide bonds. The fourth-order valence-corrected chi connectivity index (χ4v) is 2.86. The van der Waals surface area contributed by atoms with Gasteiger partial charge in [-0.2, -0.15) is 4.98 Å². The van der Waals surface area contributed by atoms with Gasteiger partial charge in [0.25, 0.3) is 0 Å². The molecule has 1 aromatic heterocycles. The number of nitrogens with one attached hydrogen (secondary N) is 1. The lowest BCUT2D eigenvalue weighted by Gasteiger charge is -2.22. The second kappa shape index (κ2) is 6.73. The van der Waals surface area contributed by atoms with Crippen molar-refractivity contribution in [2.75, 3.05) is 11.9 Å². The second-order valence-corrected chi connectivity index (χ2v) is 7.25. The smallest absolute Gasteiger partial charge is 0.241 e. The number of likely N-dealkylation sites (tertiary alicyclic amines) is 1. The summed E-state index contributed by atoms with van der Waals surface area (Å²) in [5, 5.41) is 7.05. The Balaban J connectivity index is 1.65. The normalized spacial score (nSPS) is 18.7. The predicted molar refractivity (Wildman–Crippen MR) is 91.5 cm³/mol. The van der Waals surface area contributed by atoms with Gasteiger partial charge in [0, 0.05) is 11.1 Å². The number of rotatable bonds is 4. The predicted octanol–water partition coefficient (Wildman–Crippen LogP) is 2.97. The van der Waals surface area contributed by atoms with Crippen LogP contribution in [-0.2, 0) is 16.8 Å². The number of nitrogens with zero attached hydrogens (tertiary/aromatic N) is 3. The zero-order chi connectivity index (χ0) is 17.2.